The summed E-state index contributed by atoms with van der Waals surface area (Å²) in [7, 11) is 1.90. The first-order valence-corrected chi connectivity index (χ1v) is 7.20. The summed E-state index contributed by atoms with van der Waals surface area (Å²) in [6.45, 7) is 3.51. The zero-order valence-electron chi connectivity index (χ0n) is 12.1. The van der Waals surface area contributed by atoms with Gasteiger partial charge in [0.15, 0.2) is 19.0 Å². The molecule has 0 saturated heterocycles. The second kappa shape index (κ2) is 7.19. The van der Waals surface area contributed by atoms with Crippen molar-refractivity contribution in [2.24, 2.45) is 0 Å². The molecular formula is C13H19N4O3S+. The van der Waals surface area contributed by atoms with Gasteiger partial charge in [0.05, 0.1) is 13.3 Å². The fraction of sp³-hybridized carbons (Fsp3) is 0.462. The summed E-state index contributed by atoms with van der Waals surface area (Å²) in [5.74, 6) is 0.877. The molecule has 0 aromatic carbocycles. The van der Waals surface area contributed by atoms with Gasteiger partial charge in [-0.1, -0.05) is 6.92 Å². The van der Waals surface area contributed by atoms with Crippen LogP contribution in [0.2, 0.25) is 0 Å². The van der Waals surface area contributed by atoms with Gasteiger partial charge in [-0.25, -0.2) is 0 Å². The lowest BCUT2D eigenvalue weighted by Gasteiger charge is -2.12. The third kappa shape index (κ3) is 4.27. The molecule has 8 heteroatoms. The van der Waals surface area contributed by atoms with Gasteiger partial charge < -0.3 is 19.1 Å². The van der Waals surface area contributed by atoms with Gasteiger partial charge in [0.1, 0.15) is 0 Å². The highest BCUT2D eigenvalue weighted by atomic mass is 32.1. The molecular weight excluding hydrogens is 292 g/mol. The molecule has 2 aromatic heterocycles. The molecule has 2 N–H and O–H groups in total. The highest BCUT2D eigenvalue weighted by Gasteiger charge is 2.15. The van der Waals surface area contributed by atoms with E-state index in [0.717, 1.165) is 11.3 Å². The Bertz CT molecular complexity index is 632. The standard InChI is InChI=1S/C13H18N4O3S/c1-3-6-14-11(18)8-16(2)9-17-13(21)20-12(15-17)10-5-4-7-19-10/h4-5,7H,3,6,8-9H2,1-2H3,(H,14,18)/p+1. The second-order valence-corrected chi connectivity index (χ2v) is 5.14. The minimum absolute atomic E-state index is 0.00983. The Morgan fingerprint density at radius 2 is 2.38 bits per heavy atom. The normalized spacial score (nSPS) is 12.3. The molecule has 2 aromatic rings. The molecule has 2 heterocycles. The van der Waals surface area contributed by atoms with Crippen LogP contribution in [-0.2, 0) is 11.5 Å². The van der Waals surface area contributed by atoms with E-state index in [1.54, 1.807) is 23.1 Å². The third-order valence-corrected chi connectivity index (χ3v) is 3.09. The maximum absolute atomic E-state index is 11.7. The number of carbonyl (C=O) groups is 1. The lowest BCUT2D eigenvalue weighted by molar-refractivity contribution is -0.895. The number of amides is 1. The largest absolute Gasteiger partial charge is 0.459 e. The van der Waals surface area contributed by atoms with Gasteiger partial charge in [-0.3, -0.25) is 4.79 Å². The average molecular weight is 311 g/mol. The van der Waals surface area contributed by atoms with Crippen LogP contribution in [0.3, 0.4) is 0 Å². The van der Waals surface area contributed by atoms with E-state index in [9.17, 15) is 4.79 Å². The van der Waals surface area contributed by atoms with E-state index in [-0.39, 0.29) is 10.7 Å². The van der Waals surface area contributed by atoms with Crippen molar-refractivity contribution >= 4 is 18.1 Å². The maximum atomic E-state index is 11.7. The zero-order valence-corrected chi connectivity index (χ0v) is 12.9. The van der Waals surface area contributed by atoms with Gasteiger partial charge in [-0.2, -0.15) is 4.68 Å². The molecule has 0 spiro atoms. The van der Waals surface area contributed by atoms with E-state index in [2.05, 4.69) is 10.4 Å². The summed E-state index contributed by atoms with van der Waals surface area (Å²) >= 11 is 5.13. The molecule has 0 bridgehead atoms. The molecule has 0 saturated carbocycles. The Labute approximate surface area is 127 Å². The van der Waals surface area contributed by atoms with Crippen molar-refractivity contribution in [3.8, 4) is 11.7 Å². The van der Waals surface area contributed by atoms with Gasteiger partial charge in [0, 0.05) is 6.54 Å². The first-order valence-electron chi connectivity index (χ1n) is 6.80. The summed E-state index contributed by atoms with van der Waals surface area (Å²) in [4.78, 5) is 12.9. The van der Waals surface area contributed by atoms with Crippen LogP contribution >= 0.6 is 12.2 Å². The fourth-order valence-corrected chi connectivity index (χ4v) is 2.00. The predicted molar refractivity (Wildman–Crippen MR) is 78.1 cm³/mol. The van der Waals surface area contributed by atoms with Crippen molar-refractivity contribution in [1.82, 2.24) is 15.1 Å². The van der Waals surface area contributed by atoms with Gasteiger partial charge in [-0.05, 0) is 30.8 Å². The van der Waals surface area contributed by atoms with Crippen LogP contribution in [0.1, 0.15) is 13.3 Å². The lowest BCUT2D eigenvalue weighted by atomic mass is 10.4. The van der Waals surface area contributed by atoms with E-state index >= 15 is 0 Å². The minimum atomic E-state index is 0.00983. The molecule has 0 aliphatic carbocycles. The van der Waals surface area contributed by atoms with Gasteiger partial charge in [0.25, 0.3) is 16.6 Å². The Morgan fingerprint density at radius 1 is 1.57 bits per heavy atom. The van der Waals surface area contributed by atoms with Crippen molar-refractivity contribution < 1.29 is 18.5 Å². The summed E-state index contributed by atoms with van der Waals surface area (Å²) in [6.07, 6.45) is 2.47. The number of carbonyl (C=O) groups excluding carboxylic acids is 1. The Hall–Kier alpha value is -1.93. The van der Waals surface area contributed by atoms with Crippen molar-refractivity contribution in [3.63, 3.8) is 0 Å². The van der Waals surface area contributed by atoms with Crippen molar-refractivity contribution in [2.75, 3.05) is 20.1 Å². The summed E-state index contributed by atoms with van der Waals surface area (Å²) in [5, 5.41) is 7.10. The van der Waals surface area contributed by atoms with E-state index in [4.69, 9.17) is 21.1 Å². The highest BCUT2D eigenvalue weighted by Crippen LogP contribution is 2.17. The quantitative estimate of drug-likeness (QED) is 0.727. The molecule has 0 aliphatic rings. The van der Waals surface area contributed by atoms with Gasteiger partial charge >= 0.3 is 0 Å². The molecule has 0 radical (unpaired) electrons. The lowest BCUT2D eigenvalue weighted by Crippen LogP contribution is -3.09. The Morgan fingerprint density at radius 3 is 3.05 bits per heavy atom. The Kier molecular flexibility index (Phi) is 5.29. The second-order valence-electron chi connectivity index (χ2n) is 4.79. The first-order chi connectivity index (χ1) is 10.1. The molecule has 2 rings (SSSR count). The summed E-state index contributed by atoms with van der Waals surface area (Å²) < 4.78 is 12.2. The zero-order chi connectivity index (χ0) is 15.2. The highest BCUT2D eigenvalue weighted by molar-refractivity contribution is 7.71. The molecule has 1 atom stereocenters. The van der Waals surface area contributed by atoms with Crippen LogP contribution in [0, 0.1) is 4.84 Å². The number of quaternary nitrogens is 1. The van der Waals surface area contributed by atoms with Gasteiger partial charge in [-0.15, -0.1) is 5.10 Å². The number of hydrogen-bond donors (Lipinski definition) is 2. The van der Waals surface area contributed by atoms with E-state index in [1.807, 2.05) is 14.0 Å². The maximum Gasteiger partial charge on any atom is 0.292 e. The molecule has 1 amide bonds. The molecule has 114 valence electrons. The minimum Gasteiger partial charge on any atom is -0.459 e. The number of furan rings is 1. The predicted octanol–water partition coefficient (Wildman–Crippen LogP) is 0.464. The van der Waals surface area contributed by atoms with Crippen molar-refractivity contribution in [1.29, 1.82) is 0 Å². The van der Waals surface area contributed by atoms with Crippen LogP contribution in [0.15, 0.2) is 27.2 Å². The number of hydrogen-bond acceptors (Lipinski definition) is 5. The van der Waals surface area contributed by atoms with Crippen molar-refractivity contribution in [2.45, 2.75) is 20.0 Å². The molecule has 1 unspecified atom stereocenters. The number of nitrogens with zero attached hydrogens (tertiary/aromatic N) is 2. The number of likely N-dealkylation sites (N-methyl/N-ethyl adjacent to an activating group) is 1. The topological polar surface area (TPSA) is 77.6 Å². The summed E-state index contributed by atoms with van der Waals surface area (Å²) in [5.41, 5.74) is 0. The molecule has 21 heavy (non-hydrogen) atoms. The van der Waals surface area contributed by atoms with Crippen LogP contribution in [0.5, 0.6) is 0 Å². The fourth-order valence-electron chi connectivity index (χ4n) is 1.82. The average Bonchev–Trinajstić information content (AvgIpc) is 3.07. The SMILES string of the molecule is CCCNC(=O)C[NH+](C)Cn1nc(-c2ccco2)oc1=S. The molecule has 0 aliphatic heterocycles. The molecule has 7 nitrogen and oxygen atoms in total. The van der Waals surface area contributed by atoms with Crippen LogP contribution in [0.4, 0.5) is 0 Å². The van der Waals surface area contributed by atoms with Crippen LogP contribution < -0.4 is 10.2 Å². The Balaban J connectivity index is 1.97. The monoisotopic (exact) mass is 311 g/mol. The number of rotatable bonds is 7. The van der Waals surface area contributed by atoms with Crippen LogP contribution in [0.25, 0.3) is 11.7 Å². The van der Waals surface area contributed by atoms with Crippen molar-refractivity contribution in [3.05, 3.63) is 23.2 Å². The third-order valence-electron chi connectivity index (χ3n) is 2.79. The smallest absolute Gasteiger partial charge is 0.292 e. The number of aromatic nitrogens is 2. The van der Waals surface area contributed by atoms with E-state index in [1.165, 1.54) is 0 Å². The molecule has 0 fully saturated rings. The number of nitrogens with one attached hydrogen (secondary N) is 2. The van der Waals surface area contributed by atoms with Gasteiger partial charge in [0.2, 0.25) is 0 Å². The van der Waals surface area contributed by atoms with Crippen LogP contribution in [-0.4, -0.2) is 35.8 Å². The van der Waals surface area contributed by atoms with E-state index < -0.39 is 0 Å². The summed E-state index contributed by atoms with van der Waals surface area (Å²) in [6, 6.07) is 3.50. The first kappa shape index (κ1) is 15.5. The van der Waals surface area contributed by atoms with E-state index in [0.29, 0.717) is 31.4 Å².